The van der Waals surface area contributed by atoms with Crippen molar-refractivity contribution >= 4 is 24.7 Å². The van der Waals surface area contributed by atoms with E-state index in [1.165, 1.54) is 17.3 Å². The van der Waals surface area contributed by atoms with Crippen LogP contribution in [0.3, 0.4) is 0 Å². The minimum absolute atomic E-state index is 0.234. The first-order valence-corrected chi connectivity index (χ1v) is 13.2. The first kappa shape index (κ1) is 25.8. The molecule has 32 heavy (non-hydrogen) atoms. The van der Waals surface area contributed by atoms with Crippen molar-refractivity contribution in [3.05, 3.63) is 84.1 Å². The molecule has 2 rings (SSSR count). The van der Waals surface area contributed by atoms with Gasteiger partial charge in [-0.2, -0.15) is 0 Å². The summed E-state index contributed by atoms with van der Waals surface area (Å²) >= 11 is 0. The zero-order valence-corrected chi connectivity index (χ0v) is 20.6. The second-order valence-electron chi connectivity index (χ2n) is 7.75. The molecule has 4 nitrogen and oxygen atoms in total. The summed E-state index contributed by atoms with van der Waals surface area (Å²) in [6.07, 6.45) is 5.79. The van der Waals surface area contributed by atoms with E-state index in [4.69, 9.17) is 13.9 Å². The van der Waals surface area contributed by atoms with Gasteiger partial charge in [0.25, 0.3) is 8.32 Å². The maximum atomic E-state index is 11.0. The molecule has 0 N–H and O–H groups in total. The van der Waals surface area contributed by atoms with Crippen LogP contribution < -0.4 is 10.4 Å². The number of unbranched alkanes of at least 4 members (excludes halogenated alkanes) is 2. The molecule has 0 saturated carbocycles. The Hall–Kier alpha value is -2.47. The topological polar surface area (TPSA) is 44.8 Å². The molecule has 0 heterocycles. The first-order valence-electron chi connectivity index (χ1n) is 11.3. The van der Waals surface area contributed by atoms with Crippen molar-refractivity contribution in [1.82, 2.24) is 0 Å². The van der Waals surface area contributed by atoms with Crippen LogP contribution in [-0.2, 0) is 18.7 Å². The van der Waals surface area contributed by atoms with Crippen molar-refractivity contribution in [2.75, 3.05) is 26.9 Å². The Kier molecular flexibility index (Phi) is 11.1. The van der Waals surface area contributed by atoms with E-state index >= 15 is 0 Å². The fraction of sp³-hybridized carbons (Fsp3) is 0.370. The maximum Gasteiger partial charge on any atom is 0.302 e. The molecule has 0 fully saturated rings. The average molecular weight is 453 g/mol. The van der Waals surface area contributed by atoms with E-state index in [0.29, 0.717) is 19.8 Å². The number of esters is 1. The van der Waals surface area contributed by atoms with E-state index in [2.05, 4.69) is 68.1 Å². The fourth-order valence-electron chi connectivity index (χ4n) is 3.82. The second kappa shape index (κ2) is 13.8. The Labute approximate surface area is 194 Å². The highest BCUT2D eigenvalue weighted by Crippen LogP contribution is 2.26. The van der Waals surface area contributed by atoms with Gasteiger partial charge >= 0.3 is 5.97 Å². The summed E-state index contributed by atoms with van der Waals surface area (Å²) in [5.41, 5.74) is 0.947. The number of hydrogen-bond donors (Lipinski definition) is 0. The van der Waals surface area contributed by atoms with Crippen molar-refractivity contribution in [1.29, 1.82) is 0 Å². The molecule has 2 aromatic carbocycles. The highest BCUT2D eigenvalue weighted by Gasteiger charge is 2.44. The molecule has 0 unspecified atom stereocenters. The molecule has 172 valence electrons. The highest BCUT2D eigenvalue weighted by molar-refractivity contribution is 7.03. The summed E-state index contributed by atoms with van der Waals surface area (Å²) in [6.45, 7) is 9.54. The third-order valence-corrected chi connectivity index (χ3v) is 9.46. The molecule has 0 spiro atoms. The van der Waals surface area contributed by atoms with Gasteiger partial charge in [-0.05, 0) is 46.8 Å². The van der Waals surface area contributed by atoms with Gasteiger partial charge in [-0.25, -0.2) is 0 Å². The van der Waals surface area contributed by atoms with Crippen molar-refractivity contribution < 1.29 is 18.7 Å². The van der Waals surface area contributed by atoms with Gasteiger partial charge in [0.2, 0.25) is 0 Å². The van der Waals surface area contributed by atoms with Gasteiger partial charge in [0.15, 0.2) is 0 Å². The van der Waals surface area contributed by atoms with Gasteiger partial charge in [0.1, 0.15) is 0 Å². The van der Waals surface area contributed by atoms with E-state index in [0.717, 1.165) is 36.5 Å². The van der Waals surface area contributed by atoms with Crippen LogP contribution >= 0.6 is 0 Å². The first-order chi connectivity index (χ1) is 15.6. The smallest absolute Gasteiger partial charge is 0.302 e. The summed E-state index contributed by atoms with van der Waals surface area (Å²) in [6, 6.07) is 21.1. The summed E-state index contributed by atoms with van der Waals surface area (Å²) in [5, 5.41) is 3.55. The lowest BCUT2D eigenvalue weighted by Crippen LogP contribution is -2.63. The van der Waals surface area contributed by atoms with Crippen LogP contribution in [0, 0.1) is 0 Å². The molecule has 0 saturated heterocycles. The number of allylic oxidation sites excluding steroid dienone is 1. The van der Waals surface area contributed by atoms with Crippen molar-refractivity contribution in [2.45, 2.75) is 39.5 Å². The standard InChI is InChI=1S/C27H36O4Si/c1-5-20-31-32(25-15-9-6-10-16-25,26-17-11-7-12-18-26)27(23(2)22-29-4)19-13-8-14-21-30-24(3)28/h6-7,9-12,15-19H,2,5,8,13-14,20-22H2,1,3-4H3/b27-19+. The van der Waals surface area contributed by atoms with Crippen molar-refractivity contribution in [3.63, 3.8) is 0 Å². The molecule has 0 aromatic heterocycles. The molecule has 5 heteroatoms. The Morgan fingerprint density at radius 2 is 1.56 bits per heavy atom. The lowest BCUT2D eigenvalue weighted by atomic mass is 10.2. The van der Waals surface area contributed by atoms with Gasteiger partial charge in [0, 0.05) is 20.6 Å². The van der Waals surface area contributed by atoms with Crippen LogP contribution in [0.2, 0.25) is 0 Å². The molecule has 2 aromatic rings. The van der Waals surface area contributed by atoms with E-state index in [9.17, 15) is 4.79 Å². The zero-order chi connectivity index (χ0) is 23.2. The Balaban J connectivity index is 2.54. The van der Waals surface area contributed by atoms with E-state index in [-0.39, 0.29) is 5.97 Å². The molecule has 0 bridgehead atoms. The minimum atomic E-state index is -2.79. The molecular weight excluding hydrogens is 416 g/mol. The Morgan fingerprint density at radius 3 is 2.06 bits per heavy atom. The number of carbonyl (C=O) groups excluding carboxylic acids is 1. The van der Waals surface area contributed by atoms with Crippen LogP contribution in [0.5, 0.6) is 0 Å². The summed E-state index contributed by atoms with van der Waals surface area (Å²) in [5.74, 6) is -0.234. The lowest BCUT2D eigenvalue weighted by Gasteiger charge is -2.36. The second-order valence-corrected chi connectivity index (χ2v) is 11.1. The lowest BCUT2D eigenvalue weighted by molar-refractivity contribution is -0.141. The minimum Gasteiger partial charge on any atom is -0.466 e. The van der Waals surface area contributed by atoms with Crippen LogP contribution in [0.4, 0.5) is 0 Å². The zero-order valence-electron chi connectivity index (χ0n) is 19.6. The maximum absolute atomic E-state index is 11.0. The molecule has 0 atom stereocenters. The molecule has 0 aliphatic carbocycles. The van der Waals surface area contributed by atoms with E-state index in [1.54, 1.807) is 7.11 Å². The predicted molar refractivity (Wildman–Crippen MR) is 134 cm³/mol. The number of hydrogen-bond acceptors (Lipinski definition) is 4. The SMILES string of the molecule is C=C(COC)/C(=C\CCCCOC(C)=O)[Si](OCCC)(c1ccccc1)c1ccccc1. The van der Waals surface area contributed by atoms with Gasteiger partial charge in [-0.3, -0.25) is 4.79 Å². The molecule has 0 aliphatic rings. The fourth-order valence-corrected chi connectivity index (χ4v) is 8.10. The molecular formula is C27H36O4Si. The average Bonchev–Trinajstić information content (AvgIpc) is 2.81. The number of methoxy groups -OCH3 is 1. The van der Waals surface area contributed by atoms with Gasteiger partial charge in [-0.1, -0.05) is 80.2 Å². The highest BCUT2D eigenvalue weighted by atomic mass is 28.4. The van der Waals surface area contributed by atoms with E-state index in [1.807, 2.05) is 12.1 Å². The van der Waals surface area contributed by atoms with Crippen LogP contribution in [0.1, 0.15) is 39.5 Å². The van der Waals surface area contributed by atoms with E-state index < -0.39 is 8.32 Å². The van der Waals surface area contributed by atoms with Crippen LogP contribution in [0.15, 0.2) is 84.1 Å². The monoisotopic (exact) mass is 452 g/mol. The third-order valence-electron chi connectivity index (χ3n) is 5.21. The summed E-state index contributed by atoms with van der Waals surface area (Å²) in [7, 11) is -1.09. The normalized spacial score (nSPS) is 11.9. The number of benzene rings is 2. The van der Waals surface area contributed by atoms with Crippen LogP contribution in [0.25, 0.3) is 0 Å². The summed E-state index contributed by atoms with van der Waals surface area (Å²) in [4.78, 5) is 11.0. The van der Waals surface area contributed by atoms with Crippen molar-refractivity contribution in [2.24, 2.45) is 0 Å². The van der Waals surface area contributed by atoms with Gasteiger partial charge < -0.3 is 13.9 Å². The van der Waals surface area contributed by atoms with Crippen LogP contribution in [-0.4, -0.2) is 41.2 Å². The molecule has 0 amide bonds. The molecule has 0 aliphatic heterocycles. The number of carbonyl (C=O) groups is 1. The molecule has 0 radical (unpaired) electrons. The number of rotatable bonds is 14. The Morgan fingerprint density at radius 1 is 0.969 bits per heavy atom. The van der Waals surface area contributed by atoms with Crippen molar-refractivity contribution in [3.8, 4) is 0 Å². The van der Waals surface area contributed by atoms with Gasteiger partial charge in [-0.15, -0.1) is 0 Å². The summed E-state index contributed by atoms with van der Waals surface area (Å²) < 4.78 is 17.5. The quantitative estimate of drug-likeness (QED) is 0.182. The predicted octanol–water partition coefficient (Wildman–Crippen LogP) is 4.57. The number of ether oxygens (including phenoxy) is 2. The van der Waals surface area contributed by atoms with Gasteiger partial charge in [0.05, 0.1) is 13.2 Å². The third kappa shape index (κ3) is 7.02. The largest absolute Gasteiger partial charge is 0.466 e. The Bertz CT molecular complexity index is 822.